The number of rotatable bonds is 5. The van der Waals surface area contributed by atoms with E-state index in [0.29, 0.717) is 12.6 Å². The number of nitrogens with zero attached hydrogens (tertiary/aromatic N) is 1. The molecule has 1 N–H and O–H groups in total. The van der Waals surface area contributed by atoms with Gasteiger partial charge in [0.15, 0.2) is 0 Å². The van der Waals surface area contributed by atoms with E-state index < -0.39 is 6.10 Å². The van der Waals surface area contributed by atoms with E-state index in [9.17, 15) is 5.11 Å². The van der Waals surface area contributed by atoms with Crippen molar-refractivity contribution in [3.8, 4) is 5.75 Å². The molecule has 1 aromatic carbocycles. The van der Waals surface area contributed by atoms with Gasteiger partial charge in [-0.1, -0.05) is 25.0 Å². The van der Waals surface area contributed by atoms with Gasteiger partial charge in [-0.25, -0.2) is 0 Å². The minimum absolute atomic E-state index is 0.439. The van der Waals surface area contributed by atoms with E-state index in [-0.39, 0.29) is 0 Å². The molecule has 18 heavy (non-hydrogen) atoms. The summed E-state index contributed by atoms with van der Waals surface area (Å²) in [6, 6.07) is 8.33. The Morgan fingerprint density at radius 3 is 2.78 bits per heavy atom. The van der Waals surface area contributed by atoms with E-state index in [4.69, 9.17) is 4.74 Å². The van der Waals surface area contributed by atoms with E-state index in [0.717, 1.165) is 11.3 Å². The third-order valence-corrected chi connectivity index (χ3v) is 3.89. The van der Waals surface area contributed by atoms with Crippen LogP contribution in [0.2, 0.25) is 0 Å². The molecule has 0 spiro atoms. The molecule has 100 valence electrons. The van der Waals surface area contributed by atoms with Crippen LogP contribution in [0, 0.1) is 0 Å². The molecule has 1 saturated carbocycles. The van der Waals surface area contributed by atoms with Gasteiger partial charge in [-0.05, 0) is 37.6 Å². The zero-order valence-electron chi connectivity index (χ0n) is 11.3. The molecule has 1 aliphatic rings. The van der Waals surface area contributed by atoms with Crippen molar-refractivity contribution in [2.45, 2.75) is 37.8 Å². The zero-order valence-corrected chi connectivity index (χ0v) is 11.3. The van der Waals surface area contributed by atoms with Gasteiger partial charge < -0.3 is 14.7 Å². The summed E-state index contributed by atoms with van der Waals surface area (Å²) < 4.78 is 5.19. The van der Waals surface area contributed by atoms with E-state index in [2.05, 4.69) is 11.9 Å². The maximum atomic E-state index is 10.3. The summed E-state index contributed by atoms with van der Waals surface area (Å²) >= 11 is 0. The molecule has 0 aromatic heterocycles. The fourth-order valence-corrected chi connectivity index (χ4v) is 2.72. The highest BCUT2D eigenvalue weighted by atomic mass is 16.5. The number of hydrogen-bond acceptors (Lipinski definition) is 3. The van der Waals surface area contributed by atoms with E-state index >= 15 is 0 Å². The van der Waals surface area contributed by atoms with Crippen LogP contribution >= 0.6 is 0 Å². The standard InChI is InChI=1S/C15H23NO2/c1-16(13-7-3-4-8-13)11-15(17)12-6-5-9-14(10-12)18-2/h5-6,9-10,13,15,17H,3-4,7-8,11H2,1-2H3. The lowest BCUT2D eigenvalue weighted by molar-refractivity contribution is 0.105. The largest absolute Gasteiger partial charge is 0.497 e. The molecular formula is C15H23NO2. The maximum Gasteiger partial charge on any atom is 0.119 e. The lowest BCUT2D eigenvalue weighted by Crippen LogP contribution is -2.33. The Hall–Kier alpha value is -1.06. The molecule has 0 aliphatic heterocycles. The third kappa shape index (κ3) is 3.24. The first-order valence-corrected chi connectivity index (χ1v) is 6.73. The van der Waals surface area contributed by atoms with Crippen LogP contribution in [-0.2, 0) is 0 Å². The molecule has 1 unspecified atom stereocenters. The van der Waals surface area contributed by atoms with Gasteiger partial charge in [0, 0.05) is 12.6 Å². The van der Waals surface area contributed by atoms with E-state index in [1.165, 1.54) is 25.7 Å². The van der Waals surface area contributed by atoms with Crippen molar-refractivity contribution in [2.24, 2.45) is 0 Å². The van der Waals surface area contributed by atoms with Gasteiger partial charge in [-0.15, -0.1) is 0 Å². The van der Waals surface area contributed by atoms with Crippen LogP contribution in [0.15, 0.2) is 24.3 Å². The predicted octanol–water partition coefficient (Wildman–Crippen LogP) is 2.60. The summed E-state index contributed by atoms with van der Waals surface area (Å²) in [7, 11) is 3.76. The SMILES string of the molecule is COc1cccc(C(O)CN(C)C2CCCC2)c1. The minimum Gasteiger partial charge on any atom is -0.497 e. The summed E-state index contributed by atoms with van der Waals surface area (Å²) in [5.41, 5.74) is 0.930. The number of aliphatic hydroxyl groups is 1. The number of benzene rings is 1. The average Bonchev–Trinajstić information content (AvgIpc) is 2.92. The molecule has 0 saturated heterocycles. The molecule has 0 bridgehead atoms. The van der Waals surface area contributed by atoms with E-state index in [1.54, 1.807) is 7.11 Å². The van der Waals surface area contributed by atoms with Crippen molar-refractivity contribution >= 4 is 0 Å². The highest BCUT2D eigenvalue weighted by Crippen LogP contribution is 2.25. The fraction of sp³-hybridized carbons (Fsp3) is 0.600. The van der Waals surface area contributed by atoms with Crippen molar-refractivity contribution in [2.75, 3.05) is 20.7 Å². The summed E-state index contributed by atoms with van der Waals surface area (Å²) in [5.74, 6) is 0.801. The Balaban J connectivity index is 1.95. The van der Waals surface area contributed by atoms with Gasteiger partial charge in [0.05, 0.1) is 13.2 Å². The first kappa shape index (κ1) is 13.4. The number of likely N-dealkylation sites (N-methyl/N-ethyl adjacent to an activating group) is 1. The summed E-state index contributed by atoms with van der Waals surface area (Å²) in [4.78, 5) is 2.29. The number of ether oxygens (including phenoxy) is 1. The first-order valence-electron chi connectivity index (χ1n) is 6.73. The Morgan fingerprint density at radius 1 is 1.39 bits per heavy atom. The van der Waals surface area contributed by atoms with Gasteiger partial charge in [-0.3, -0.25) is 0 Å². The summed E-state index contributed by atoms with van der Waals surface area (Å²) in [6.45, 7) is 0.692. The molecule has 1 atom stereocenters. The molecule has 1 aliphatic carbocycles. The highest BCUT2D eigenvalue weighted by Gasteiger charge is 2.21. The van der Waals surface area contributed by atoms with Crippen molar-refractivity contribution in [3.63, 3.8) is 0 Å². The minimum atomic E-state index is -0.439. The molecule has 1 aromatic rings. The average molecular weight is 249 g/mol. The Bertz CT molecular complexity index is 375. The number of hydrogen-bond donors (Lipinski definition) is 1. The van der Waals surface area contributed by atoms with Crippen molar-refractivity contribution < 1.29 is 9.84 Å². The van der Waals surface area contributed by atoms with Gasteiger partial charge >= 0.3 is 0 Å². The fourth-order valence-electron chi connectivity index (χ4n) is 2.72. The summed E-state index contributed by atoms with van der Waals surface area (Å²) in [6.07, 6.45) is 4.74. The monoisotopic (exact) mass is 249 g/mol. The quantitative estimate of drug-likeness (QED) is 0.870. The van der Waals surface area contributed by atoms with Crippen LogP contribution < -0.4 is 4.74 Å². The molecule has 2 rings (SSSR count). The normalized spacial score (nSPS) is 18.2. The molecule has 3 nitrogen and oxygen atoms in total. The highest BCUT2D eigenvalue weighted by molar-refractivity contribution is 5.29. The second-order valence-electron chi connectivity index (χ2n) is 5.17. The van der Waals surface area contributed by atoms with Crippen molar-refractivity contribution in [1.29, 1.82) is 0 Å². The van der Waals surface area contributed by atoms with Gasteiger partial charge in [0.2, 0.25) is 0 Å². The Labute approximate surface area is 109 Å². The second-order valence-corrected chi connectivity index (χ2v) is 5.17. The van der Waals surface area contributed by atoms with Crippen LogP contribution in [-0.4, -0.2) is 36.8 Å². The predicted molar refractivity (Wildman–Crippen MR) is 72.8 cm³/mol. The molecular weight excluding hydrogens is 226 g/mol. The van der Waals surface area contributed by atoms with Crippen LogP contribution in [0.3, 0.4) is 0 Å². The molecule has 3 heteroatoms. The van der Waals surface area contributed by atoms with Gasteiger partial charge in [0.1, 0.15) is 5.75 Å². The molecule has 0 heterocycles. The lowest BCUT2D eigenvalue weighted by atomic mass is 10.1. The topological polar surface area (TPSA) is 32.7 Å². The number of methoxy groups -OCH3 is 1. The zero-order chi connectivity index (χ0) is 13.0. The summed E-state index contributed by atoms with van der Waals surface area (Å²) in [5, 5.41) is 10.3. The van der Waals surface area contributed by atoms with Gasteiger partial charge in [0.25, 0.3) is 0 Å². The van der Waals surface area contributed by atoms with Gasteiger partial charge in [-0.2, -0.15) is 0 Å². The smallest absolute Gasteiger partial charge is 0.119 e. The number of aliphatic hydroxyl groups excluding tert-OH is 1. The molecule has 1 fully saturated rings. The Morgan fingerprint density at radius 2 is 2.11 bits per heavy atom. The van der Waals surface area contributed by atoms with E-state index in [1.807, 2.05) is 24.3 Å². The van der Waals surface area contributed by atoms with Crippen LogP contribution in [0.5, 0.6) is 5.75 Å². The van der Waals surface area contributed by atoms with Crippen molar-refractivity contribution in [3.05, 3.63) is 29.8 Å². The van der Waals surface area contributed by atoms with Crippen LogP contribution in [0.4, 0.5) is 0 Å². The first-order chi connectivity index (χ1) is 8.70. The van der Waals surface area contributed by atoms with Crippen LogP contribution in [0.1, 0.15) is 37.4 Å². The maximum absolute atomic E-state index is 10.3. The van der Waals surface area contributed by atoms with Crippen LogP contribution in [0.25, 0.3) is 0 Å². The molecule has 0 radical (unpaired) electrons. The Kier molecular flexibility index (Phi) is 4.61. The third-order valence-electron chi connectivity index (χ3n) is 3.89. The second kappa shape index (κ2) is 6.21. The molecule has 0 amide bonds. The van der Waals surface area contributed by atoms with Crippen molar-refractivity contribution in [1.82, 2.24) is 4.90 Å². The lowest BCUT2D eigenvalue weighted by Gasteiger charge is -2.26.